The van der Waals surface area contributed by atoms with E-state index in [1.165, 1.54) is 12.8 Å². The van der Waals surface area contributed by atoms with Crippen molar-refractivity contribution in [2.75, 3.05) is 0 Å². The van der Waals surface area contributed by atoms with Crippen LogP contribution in [0.25, 0.3) is 0 Å². The Balaban J connectivity index is 1.54. The number of carbonyl (C=O) groups is 1. The first kappa shape index (κ1) is 21.3. The van der Waals surface area contributed by atoms with Gasteiger partial charge in [-0.2, -0.15) is 0 Å². The zero-order chi connectivity index (χ0) is 21.5. The largest absolute Gasteiger partial charge is 0.489 e. The second-order valence-corrected chi connectivity index (χ2v) is 8.29. The monoisotopic (exact) mass is 435 g/mol. The van der Waals surface area contributed by atoms with Gasteiger partial charge in [0, 0.05) is 18.8 Å². The molecule has 0 aliphatic heterocycles. The molecule has 1 aliphatic rings. The Morgan fingerprint density at radius 2 is 1.84 bits per heavy atom. The molecule has 1 unspecified atom stereocenters. The first-order chi connectivity index (χ1) is 15.2. The highest BCUT2D eigenvalue weighted by Crippen LogP contribution is 2.30. The molecule has 1 atom stereocenters. The smallest absolute Gasteiger partial charge is 0.221 e. The summed E-state index contributed by atoms with van der Waals surface area (Å²) in [5.74, 6) is 1.18. The Labute approximate surface area is 187 Å². The fourth-order valence-electron chi connectivity index (χ4n) is 4.06. The van der Waals surface area contributed by atoms with Crippen molar-refractivity contribution < 1.29 is 9.53 Å². The molecule has 2 aromatic carbocycles. The van der Waals surface area contributed by atoms with Gasteiger partial charge in [-0.15, -0.1) is 0 Å². The van der Waals surface area contributed by atoms with Gasteiger partial charge in [-0.25, -0.2) is 4.98 Å². The Kier molecular flexibility index (Phi) is 7.15. The van der Waals surface area contributed by atoms with Crippen molar-refractivity contribution >= 4 is 17.5 Å². The number of rotatable bonds is 8. The van der Waals surface area contributed by atoms with Crippen LogP contribution in [0.1, 0.15) is 55.0 Å². The van der Waals surface area contributed by atoms with Crippen LogP contribution in [-0.2, 0) is 11.4 Å². The second kappa shape index (κ2) is 10.4. The van der Waals surface area contributed by atoms with Crippen LogP contribution in [0.15, 0.2) is 67.0 Å². The topological polar surface area (TPSA) is 64.1 Å². The first-order valence-electron chi connectivity index (χ1n) is 10.7. The highest BCUT2D eigenvalue weighted by atomic mass is 35.5. The molecule has 0 spiro atoms. The van der Waals surface area contributed by atoms with E-state index in [0.717, 1.165) is 29.7 Å². The summed E-state index contributed by atoms with van der Waals surface area (Å²) in [5, 5.41) is 3.42. The summed E-state index contributed by atoms with van der Waals surface area (Å²) < 4.78 is 5.98. The van der Waals surface area contributed by atoms with Crippen LogP contribution in [0, 0.1) is 5.92 Å². The van der Waals surface area contributed by atoms with Crippen LogP contribution in [0.2, 0.25) is 5.15 Å². The maximum Gasteiger partial charge on any atom is 0.221 e. The van der Waals surface area contributed by atoms with Crippen molar-refractivity contribution in [1.82, 2.24) is 15.3 Å². The Morgan fingerprint density at radius 3 is 2.61 bits per heavy atom. The molecule has 6 heteroatoms. The molecule has 0 radical (unpaired) electrons. The number of nitrogens with zero attached hydrogens (tertiary/aromatic N) is 2. The summed E-state index contributed by atoms with van der Waals surface area (Å²) in [5.41, 5.74) is 2.48. The van der Waals surface area contributed by atoms with Gasteiger partial charge in [-0.1, -0.05) is 66.9 Å². The van der Waals surface area contributed by atoms with Crippen molar-refractivity contribution in [3.63, 3.8) is 0 Å². The maximum absolute atomic E-state index is 12.8. The second-order valence-electron chi connectivity index (χ2n) is 7.93. The van der Waals surface area contributed by atoms with Crippen LogP contribution in [0.4, 0.5) is 0 Å². The lowest BCUT2D eigenvalue weighted by atomic mass is 10.0. The Bertz CT molecular complexity index is 1010. The number of ether oxygens (including phenoxy) is 1. The molecule has 31 heavy (non-hydrogen) atoms. The van der Waals surface area contributed by atoms with E-state index in [-0.39, 0.29) is 11.1 Å². The molecule has 160 valence electrons. The van der Waals surface area contributed by atoms with Crippen LogP contribution in [0.5, 0.6) is 5.75 Å². The third-order valence-corrected chi connectivity index (χ3v) is 5.94. The predicted octanol–water partition coefficient (Wildman–Crippen LogP) is 5.49. The number of nitrogens with one attached hydrogen (secondary N) is 1. The minimum atomic E-state index is -0.490. The van der Waals surface area contributed by atoms with Crippen LogP contribution >= 0.6 is 11.6 Å². The SMILES string of the molecule is O=C(CC1CCCC1)NC(c1cccc(OCc2ccccc2)c1)c1nccnc1Cl. The number of aromatic nitrogens is 2. The molecule has 3 aromatic rings. The Hall–Kier alpha value is -2.92. The lowest BCUT2D eigenvalue weighted by Gasteiger charge is -2.21. The standard InChI is InChI=1S/C25H26ClN3O2/c26-25-24(27-13-14-28-25)23(29-22(30)15-18-7-4-5-8-18)20-11-6-12-21(16-20)31-17-19-9-2-1-3-10-19/h1-3,6,9-14,16,18,23H,4-5,7-8,15,17H2,(H,29,30). The van der Waals surface area contributed by atoms with Gasteiger partial charge in [0.2, 0.25) is 5.91 Å². The van der Waals surface area contributed by atoms with Gasteiger partial charge < -0.3 is 10.1 Å². The van der Waals surface area contributed by atoms with E-state index in [1.54, 1.807) is 12.4 Å². The van der Waals surface area contributed by atoms with Crippen molar-refractivity contribution in [2.45, 2.75) is 44.8 Å². The predicted molar refractivity (Wildman–Crippen MR) is 121 cm³/mol. The van der Waals surface area contributed by atoms with Gasteiger partial charge in [-0.3, -0.25) is 9.78 Å². The van der Waals surface area contributed by atoms with Crippen molar-refractivity contribution in [2.24, 2.45) is 5.92 Å². The lowest BCUT2D eigenvalue weighted by molar-refractivity contribution is -0.122. The average molecular weight is 436 g/mol. The van der Waals surface area contributed by atoms with Crippen LogP contribution in [-0.4, -0.2) is 15.9 Å². The number of benzene rings is 2. The van der Waals surface area contributed by atoms with Gasteiger partial charge in [0.1, 0.15) is 18.1 Å². The molecule has 1 saturated carbocycles. The van der Waals surface area contributed by atoms with E-state index < -0.39 is 6.04 Å². The fraction of sp³-hybridized carbons (Fsp3) is 0.320. The normalized spacial score (nSPS) is 14.9. The zero-order valence-corrected chi connectivity index (χ0v) is 18.1. The molecule has 0 bridgehead atoms. The van der Waals surface area contributed by atoms with E-state index in [1.807, 2.05) is 54.6 Å². The molecular weight excluding hydrogens is 410 g/mol. The van der Waals surface area contributed by atoms with E-state index >= 15 is 0 Å². The van der Waals surface area contributed by atoms with E-state index in [2.05, 4.69) is 15.3 Å². The van der Waals surface area contributed by atoms with Gasteiger partial charge in [0.05, 0.1) is 6.04 Å². The van der Waals surface area contributed by atoms with E-state index in [9.17, 15) is 4.79 Å². The zero-order valence-electron chi connectivity index (χ0n) is 17.3. The van der Waals surface area contributed by atoms with E-state index in [4.69, 9.17) is 16.3 Å². The van der Waals surface area contributed by atoms with Crippen LogP contribution < -0.4 is 10.1 Å². The van der Waals surface area contributed by atoms with Gasteiger partial charge >= 0.3 is 0 Å². The number of hydrogen-bond donors (Lipinski definition) is 1. The summed E-state index contributed by atoms with van der Waals surface area (Å²) in [6.07, 6.45) is 8.31. The lowest BCUT2D eigenvalue weighted by Crippen LogP contribution is -2.31. The average Bonchev–Trinajstić information content (AvgIpc) is 3.30. The molecule has 1 amide bonds. The number of hydrogen-bond acceptors (Lipinski definition) is 4. The number of carbonyl (C=O) groups excluding carboxylic acids is 1. The summed E-state index contributed by atoms with van der Waals surface area (Å²) >= 11 is 6.35. The molecule has 5 nitrogen and oxygen atoms in total. The third-order valence-electron chi connectivity index (χ3n) is 5.65. The van der Waals surface area contributed by atoms with Gasteiger partial charge in [-0.05, 0) is 42.0 Å². The summed E-state index contributed by atoms with van der Waals surface area (Å²) in [6, 6.07) is 17.2. The third kappa shape index (κ3) is 5.82. The van der Waals surface area contributed by atoms with E-state index in [0.29, 0.717) is 24.6 Å². The summed E-state index contributed by atoms with van der Waals surface area (Å²) in [4.78, 5) is 21.4. The number of amides is 1. The van der Waals surface area contributed by atoms with Crippen molar-refractivity contribution in [1.29, 1.82) is 0 Å². The molecule has 1 heterocycles. The molecule has 1 aromatic heterocycles. The first-order valence-corrected chi connectivity index (χ1v) is 11.1. The highest BCUT2D eigenvalue weighted by molar-refractivity contribution is 6.30. The number of halogens is 1. The minimum absolute atomic E-state index is 0.00854. The summed E-state index contributed by atoms with van der Waals surface area (Å²) in [6.45, 7) is 0.467. The minimum Gasteiger partial charge on any atom is -0.489 e. The summed E-state index contributed by atoms with van der Waals surface area (Å²) in [7, 11) is 0. The van der Waals surface area contributed by atoms with Gasteiger partial charge in [0.25, 0.3) is 0 Å². The molecule has 1 aliphatic carbocycles. The fourth-order valence-corrected chi connectivity index (χ4v) is 4.27. The molecular formula is C25H26ClN3O2. The van der Waals surface area contributed by atoms with Gasteiger partial charge in [0.15, 0.2) is 5.15 Å². The molecule has 4 rings (SSSR count). The maximum atomic E-state index is 12.8. The molecule has 0 saturated heterocycles. The van der Waals surface area contributed by atoms with Crippen LogP contribution in [0.3, 0.4) is 0 Å². The van der Waals surface area contributed by atoms with Crippen molar-refractivity contribution in [3.05, 3.63) is 89.0 Å². The van der Waals surface area contributed by atoms with Crippen molar-refractivity contribution in [3.8, 4) is 5.75 Å². The Morgan fingerprint density at radius 1 is 1.06 bits per heavy atom. The molecule has 1 N–H and O–H groups in total. The quantitative estimate of drug-likeness (QED) is 0.507. The molecule has 1 fully saturated rings. The highest BCUT2D eigenvalue weighted by Gasteiger charge is 2.24.